The maximum Gasteiger partial charge on any atom is 0.297 e. The van der Waals surface area contributed by atoms with Crippen LogP contribution in [0, 0.1) is 12.8 Å². The maximum atomic E-state index is 12.4. The molecule has 4 nitrogen and oxygen atoms in total. The Hall–Kier alpha value is -0.910. The summed E-state index contributed by atoms with van der Waals surface area (Å²) in [6, 6.07) is 7.34. The van der Waals surface area contributed by atoms with Crippen molar-refractivity contribution in [3.63, 3.8) is 0 Å². The number of benzene rings is 1. The minimum Gasteiger partial charge on any atom is -0.303 e. The molecule has 3 atom stereocenters. The van der Waals surface area contributed by atoms with Crippen molar-refractivity contribution < 1.29 is 12.6 Å². The van der Waals surface area contributed by atoms with Crippen molar-refractivity contribution in [3.05, 3.63) is 29.8 Å². The van der Waals surface area contributed by atoms with E-state index in [0.717, 1.165) is 31.4 Å². The number of aryl methyl sites for hydroxylation is 1. The fourth-order valence-electron chi connectivity index (χ4n) is 3.84. The zero-order valence-corrected chi connectivity index (χ0v) is 14.2. The van der Waals surface area contributed by atoms with Crippen LogP contribution in [-0.4, -0.2) is 39.1 Å². The number of piperidine rings is 1. The first-order valence-corrected chi connectivity index (χ1v) is 9.57. The molecule has 0 radical (unpaired) electrons. The van der Waals surface area contributed by atoms with Crippen LogP contribution < -0.4 is 0 Å². The lowest BCUT2D eigenvalue weighted by Gasteiger charge is -2.44. The summed E-state index contributed by atoms with van der Waals surface area (Å²) in [5.74, 6) is 0.709. The predicted molar refractivity (Wildman–Crippen MR) is 86.2 cm³/mol. The van der Waals surface area contributed by atoms with Crippen LogP contribution in [-0.2, 0) is 14.3 Å². The molecule has 1 aliphatic heterocycles. The molecule has 0 amide bonds. The SMILES string of the molecule is Cc1ccc(S(=O)(=O)OC2CCC3CCCN(C)C3C2)cc1. The van der Waals surface area contributed by atoms with E-state index in [1.165, 1.54) is 12.8 Å². The van der Waals surface area contributed by atoms with E-state index in [9.17, 15) is 8.42 Å². The van der Waals surface area contributed by atoms with E-state index >= 15 is 0 Å². The van der Waals surface area contributed by atoms with Gasteiger partial charge in [-0.2, -0.15) is 8.42 Å². The molecule has 3 rings (SSSR count). The smallest absolute Gasteiger partial charge is 0.297 e. The minimum absolute atomic E-state index is 0.187. The molecule has 0 aromatic heterocycles. The summed E-state index contributed by atoms with van der Waals surface area (Å²) >= 11 is 0. The van der Waals surface area contributed by atoms with E-state index in [0.29, 0.717) is 12.0 Å². The highest BCUT2D eigenvalue weighted by molar-refractivity contribution is 7.86. The first-order chi connectivity index (χ1) is 10.5. The molecule has 1 aromatic rings. The van der Waals surface area contributed by atoms with E-state index in [1.54, 1.807) is 12.1 Å². The zero-order chi connectivity index (χ0) is 15.7. The topological polar surface area (TPSA) is 46.6 Å². The summed E-state index contributed by atoms with van der Waals surface area (Å²) in [4.78, 5) is 2.64. The molecule has 0 N–H and O–H groups in total. The lowest BCUT2D eigenvalue weighted by molar-refractivity contribution is 0.0277. The summed E-state index contributed by atoms with van der Waals surface area (Å²) in [5, 5.41) is 0. The van der Waals surface area contributed by atoms with E-state index in [1.807, 2.05) is 19.1 Å². The number of nitrogens with zero attached hydrogens (tertiary/aromatic N) is 1. The molecule has 3 unspecified atom stereocenters. The Morgan fingerprint density at radius 1 is 1.14 bits per heavy atom. The van der Waals surface area contributed by atoms with Crippen molar-refractivity contribution in [2.24, 2.45) is 5.92 Å². The Morgan fingerprint density at radius 2 is 1.86 bits per heavy atom. The quantitative estimate of drug-likeness (QED) is 0.802. The molecule has 5 heteroatoms. The highest BCUT2D eigenvalue weighted by atomic mass is 32.2. The molecule has 2 fully saturated rings. The summed E-state index contributed by atoms with van der Waals surface area (Å²) in [6.45, 7) is 3.05. The molecule has 1 aliphatic carbocycles. The van der Waals surface area contributed by atoms with Crippen LogP contribution in [0.2, 0.25) is 0 Å². The standard InChI is InChI=1S/C17H25NO3S/c1-13-5-9-16(10-6-13)22(19,20)21-15-8-7-14-4-3-11-18(2)17(14)12-15/h5-6,9-10,14-15,17H,3-4,7-8,11-12H2,1-2H3. The Labute approximate surface area is 133 Å². The van der Waals surface area contributed by atoms with Crippen molar-refractivity contribution >= 4 is 10.1 Å². The summed E-state index contributed by atoms with van der Waals surface area (Å²) in [5.41, 5.74) is 1.04. The molecule has 1 saturated carbocycles. The summed E-state index contributed by atoms with van der Waals surface area (Å²) in [6.07, 6.45) is 5.08. The molecule has 0 bridgehead atoms. The second-order valence-electron chi connectivity index (χ2n) is 6.75. The molecule has 122 valence electrons. The van der Waals surface area contributed by atoms with Gasteiger partial charge >= 0.3 is 0 Å². The summed E-state index contributed by atoms with van der Waals surface area (Å²) in [7, 11) is -1.50. The van der Waals surface area contributed by atoms with Gasteiger partial charge in [-0.25, -0.2) is 0 Å². The fraction of sp³-hybridized carbons (Fsp3) is 0.647. The van der Waals surface area contributed by atoms with E-state index in [4.69, 9.17) is 4.18 Å². The van der Waals surface area contributed by atoms with Crippen molar-refractivity contribution in [2.45, 2.75) is 56.1 Å². The summed E-state index contributed by atoms with van der Waals surface area (Å²) < 4.78 is 30.4. The van der Waals surface area contributed by atoms with Gasteiger partial charge in [0, 0.05) is 6.04 Å². The van der Waals surface area contributed by atoms with Gasteiger partial charge in [0.2, 0.25) is 0 Å². The van der Waals surface area contributed by atoms with Crippen molar-refractivity contribution in [1.82, 2.24) is 4.90 Å². The van der Waals surface area contributed by atoms with Gasteiger partial charge in [-0.1, -0.05) is 17.7 Å². The maximum absolute atomic E-state index is 12.4. The monoisotopic (exact) mass is 323 g/mol. The van der Waals surface area contributed by atoms with Gasteiger partial charge in [0.25, 0.3) is 10.1 Å². The highest BCUT2D eigenvalue weighted by Gasteiger charge is 2.37. The van der Waals surface area contributed by atoms with E-state index < -0.39 is 10.1 Å². The molecule has 1 saturated heterocycles. The number of likely N-dealkylation sites (tertiary alicyclic amines) is 1. The van der Waals surface area contributed by atoms with E-state index in [2.05, 4.69) is 11.9 Å². The van der Waals surface area contributed by atoms with Crippen LogP contribution in [0.3, 0.4) is 0 Å². The van der Waals surface area contributed by atoms with Crippen LogP contribution in [0.4, 0.5) is 0 Å². The molecule has 22 heavy (non-hydrogen) atoms. The molecular weight excluding hydrogens is 298 g/mol. The Morgan fingerprint density at radius 3 is 2.59 bits per heavy atom. The lowest BCUT2D eigenvalue weighted by atomic mass is 9.77. The second kappa shape index (κ2) is 6.30. The third-order valence-electron chi connectivity index (χ3n) is 5.13. The second-order valence-corrected chi connectivity index (χ2v) is 8.32. The van der Waals surface area contributed by atoms with Crippen molar-refractivity contribution in [1.29, 1.82) is 0 Å². The normalized spacial score (nSPS) is 30.0. The van der Waals surface area contributed by atoms with Crippen LogP contribution in [0.1, 0.15) is 37.7 Å². The van der Waals surface area contributed by atoms with Crippen LogP contribution in [0.25, 0.3) is 0 Å². The third-order valence-corrected chi connectivity index (χ3v) is 6.51. The Bertz CT molecular complexity index is 611. The Balaban J connectivity index is 1.69. The van der Waals surface area contributed by atoms with Gasteiger partial charge in [-0.05, 0) is 70.7 Å². The van der Waals surface area contributed by atoms with Crippen LogP contribution >= 0.6 is 0 Å². The zero-order valence-electron chi connectivity index (χ0n) is 13.4. The number of hydrogen-bond acceptors (Lipinski definition) is 4. The van der Waals surface area contributed by atoms with Gasteiger partial charge in [0.1, 0.15) is 0 Å². The average molecular weight is 323 g/mol. The largest absolute Gasteiger partial charge is 0.303 e. The molecule has 1 aromatic carbocycles. The highest BCUT2D eigenvalue weighted by Crippen LogP contribution is 2.36. The number of rotatable bonds is 3. The number of fused-ring (bicyclic) bond motifs is 1. The van der Waals surface area contributed by atoms with Gasteiger partial charge in [-0.15, -0.1) is 0 Å². The van der Waals surface area contributed by atoms with Gasteiger partial charge in [-0.3, -0.25) is 4.18 Å². The molecule has 1 heterocycles. The van der Waals surface area contributed by atoms with Crippen LogP contribution in [0.5, 0.6) is 0 Å². The number of hydrogen-bond donors (Lipinski definition) is 0. The first-order valence-electron chi connectivity index (χ1n) is 8.16. The van der Waals surface area contributed by atoms with Crippen molar-refractivity contribution in [3.8, 4) is 0 Å². The Kier molecular flexibility index (Phi) is 4.57. The minimum atomic E-state index is -3.65. The molecule has 0 spiro atoms. The average Bonchev–Trinajstić information content (AvgIpc) is 2.48. The van der Waals surface area contributed by atoms with Gasteiger partial charge in [0.15, 0.2) is 0 Å². The van der Waals surface area contributed by atoms with Crippen LogP contribution in [0.15, 0.2) is 29.2 Å². The van der Waals surface area contributed by atoms with Gasteiger partial charge < -0.3 is 4.90 Å². The lowest BCUT2D eigenvalue weighted by Crippen LogP contribution is -2.48. The first kappa shape index (κ1) is 16.0. The predicted octanol–water partition coefficient (Wildman–Crippen LogP) is 2.96. The third kappa shape index (κ3) is 3.36. The molecular formula is C17H25NO3S. The fourth-order valence-corrected chi connectivity index (χ4v) is 4.96. The van der Waals surface area contributed by atoms with Crippen molar-refractivity contribution in [2.75, 3.05) is 13.6 Å². The molecule has 2 aliphatic rings. The van der Waals surface area contributed by atoms with E-state index in [-0.39, 0.29) is 11.0 Å². The van der Waals surface area contributed by atoms with Gasteiger partial charge in [0.05, 0.1) is 11.0 Å².